The SMILES string of the molecule is Cl.Cl.NC1CCN(C2CCN(C(=O)OCc3ccccc3)CC2)CC1. The normalized spacial score (nSPS) is 19.6. The van der Waals surface area contributed by atoms with Gasteiger partial charge < -0.3 is 20.3 Å². The van der Waals surface area contributed by atoms with Gasteiger partial charge in [-0.2, -0.15) is 0 Å². The molecule has 2 heterocycles. The van der Waals surface area contributed by atoms with Gasteiger partial charge in [0, 0.05) is 25.2 Å². The highest BCUT2D eigenvalue weighted by Gasteiger charge is 2.29. The van der Waals surface area contributed by atoms with Crippen LogP contribution in [0.25, 0.3) is 0 Å². The van der Waals surface area contributed by atoms with Gasteiger partial charge in [0.15, 0.2) is 0 Å². The number of hydrogen-bond donors (Lipinski definition) is 1. The van der Waals surface area contributed by atoms with Crippen molar-refractivity contribution in [1.82, 2.24) is 9.80 Å². The predicted molar refractivity (Wildman–Crippen MR) is 105 cm³/mol. The quantitative estimate of drug-likeness (QED) is 0.862. The Hall–Kier alpha value is -1.01. The van der Waals surface area contributed by atoms with Gasteiger partial charge in [0.1, 0.15) is 6.61 Å². The number of rotatable bonds is 3. The first-order valence-electron chi connectivity index (χ1n) is 8.67. The topological polar surface area (TPSA) is 58.8 Å². The summed E-state index contributed by atoms with van der Waals surface area (Å²) in [4.78, 5) is 16.6. The summed E-state index contributed by atoms with van der Waals surface area (Å²) >= 11 is 0. The number of nitrogens with two attached hydrogens (primary N) is 1. The molecule has 0 bridgehead atoms. The van der Waals surface area contributed by atoms with Crippen molar-refractivity contribution in [1.29, 1.82) is 0 Å². The highest BCUT2D eigenvalue weighted by atomic mass is 35.5. The minimum Gasteiger partial charge on any atom is -0.445 e. The summed E-state index contributed by atoms with van der Waals surface area (Å²) in [5.74, 6) is 0. The van der Waals surface area contributed by atoms with E-state index >= 15 is 0 Å². The van der Waals surface area contributed by atoms with Crippen molar-refractivity contribution in [3.05, 3.63) is 35.9 Å². The van der Waals surface area contributed by atoms with Crippen molar-refractivity contribution in [3.63, 3.8) is 0 Å². The molecule has 1 aromatic rings. The van der Waals surface area contributed by atoms with Gasteiger partial charge >= 0.3 is 6.09 Å². The molecule has 5 nitrogen and oxygen atoms in total. The molecule has 2 aliphatic heterocycles. The first kappa shape index (κ1) is 22.0. The molecular formula is C18H29Cl2N3O2. The van der Waals surface area contributed by atoms with Crippen LogP contribution in [0.1, 0.15) is 31.2 Å². The summed E-state index contributed by atoms with van der Waals surface area (Å²) in [6, 6.07) is 10.8. The second-order valence-electron chi connectivity index (χ2n) is 6.63. The first-order valence-corrected chi connectivity index (χ1v) is 8.67. The van der Waals surface area contributed by atoms with Crippen molar-refractivity contribution in [3.8, 4) is 0 Å². The number of nitrogens with zero attached hydrogens (tertiary/aromatic N) is 2. The Morgan fingerprint density at radius 2 is 1.60 bits per heavy atom. The molecule has 0 unspecified atom stereocenters. The number of amides is 1. The van der Waals surface area contributed by atoms with Crippen molar-refractivity contribution in [2.24, 2.45) is 5.73 Å². The fraction of sp³-hybridized carbons (Fsp3) is 0.611. The summed E-state index contributed by atoms with van der Waals surface area (Å²) in [6.45, 7) is 4.14. The second kappa shape index (κ2) is 10.9. The van der Waals surface area contributed by atoms with Gasteiger partial charge in [-0.3, -0.25) is 0 Å². The average Bonchev–Trinajstić information content (AvgIpc) is 2.61. The molecule has 0 atom stereocenters. The van der Waals surface area contributed by atoms with Crippen LogP contribution in [0.15, 0.2) is 30.3 Å². The zero-order chi connectivity index (χ0) is 16.1. The number of carbonyl (C=O) groups is 1. The molecule has 1 amide bonds. The maximum atomic E-state index is 12.2. The van der Waals surface area contributed by atoms with E-state index in [9.17, 15) is 4.79 Å². The van der Waals surface area contributed by atoms with E-state index in [-0.39, 0.29) is 30.9 Å². The van der Waals surface area contributed by atoms with Crippen molar-refractivity contribution >= 4 is 30.9 Å². The smallest absolute Gasteiger partial charge is 0.410 e. The van der Waals surface area contributed by atoms with Crippen LogP contribution < -0.4 is 5.73 Å². The Balaban J connectivity index is 0.00000156. The largest absolute Gasteiger partial charge is 0.445 e. The molecule has 2 aliphatic rings. The number of halogens is 2. The van der Waals surface area contributed by atoms with Crippen molar-refractivity contribution < 1.29 is 9.53 Å². The molecule has 0 saturated carbocycles. The number of ether oxygens (including phenoxy) is 1. The first-order chi connectivity index (χ1) is 11.2. The summed E-state index contributed by atoms with van der Waals surface area (Å²) in [5, 5.41) is 0. The molecule has 2 saturated heterocycles. The molecular weight excluding hydrogens is 361 g/mol. The highest BCUT2D eigenvalue weighted by Crippen LogP contribution is 2.21. The lowest BCUT2D eigenvalue weighted by molar-refractivity contribution is 0.0611. The van der Waals surface area contributed by atoms with Gasteiger partial charge in [0.2, 0.25) is 0 Å². The molecule has 3 rings (SSSR count). The third-order valence-electron chi connectivity index (χ3n) is 5.02. The summed E-state index contributed by atoms with van der Waals surface area (Å²) < 4.78 is 5.42. The predicted octanol–water partition coefficient (Wildman–Crippen LogP) is 3.05. The van der Waals surface area contributed by atoms with Crippen molar-refractivity contribution in [2.75, 3.05) is 26.2 Å². The Morgan fingerprint density at radius 1 is 1.00 bits per heavy atom. The average molecular weight is 390 g/mol. The highest BCUT2D eigenvalue weighted by molar-refractivity contribution is 5.85. The van der Waals surface area contributed by atoms with Crippen LogP contribution in [0.4, 0.5) is 4.79 Å². The summed E-state index contributed by atoms with van der Waals surface area (Å²) in [5.41, 5.74) is 7.00. The number of hydrogen-bond acceptors (Lipinski definition) is 4. The summed E-state index contributed by atoms with van der Waals surface area (Å²) in [7, 11) is 0. The number of benzene rings is 1. The zero-order valence-corrected chi connectivity index (χ0v) is 16.1. The van der Waals surface area contributed by atoms with Gasteiger partial charge in [-0.15, -0.1) is 24.8 Å². The molecule has 0 radical (unpaired) electrons. The van der Waals surface area contributed by atoms with Gasteiger partial charge in [0.25, 0.3) is 0 Å². The van der Waals surface area contributed by atoms with Crippen LogP contribution in [-0.4, -0.2) is 54.2 Å². The van der Waals surface area contributed by atoms with E-state index in [1.54, 1.807) is 0 Å². The van der Waals surface area contributed by atoms with E-state index in [0.717, 1.165) is 57.4 Å². The van der Waals surface area contributed by atoms with Gasteiger partial charge in [-0.05, 0) is 44.3 Å². The Bertz CT molecular complexity index is 502. The van der Waals surface area contributed by atoms with Crippen LogP contribution >= 0.6 is 24.8 Å². The third kappa shape index (κ3) is 6.33. The van der Waals surface area contributed by atoms with Crippen LogP contribution in [0, 0.1) is 0 Å². The zero-order valence-electron chi connectivity index (χ0n) is 14.5. The minimum absolute atomic E-state index is 0. The maximum absolute atomic E-state index is 12.2. The van der Waals surface area contributed by atoms with Gasteiger partial charge in [0.05, 0.1) is 0 Å². The second-order valence-corrected chi connectivity index (χ2v) is 6.63. The van der Waals surface area contributed by atoms with E-state index in [1.807, 2.05) is 35.2 Å². The molecule has 0 aromatic heterocycles. The maximum Gasteiger partial charge on any atom is 0.410 e. The van der Waals surface area contributed by atoms with E-state index in [2.05, 4.69) is 4.90 Å². The number of likely N-dealkylation sites (tertiary alicyclic amines) is 2. The molecule has 7 heteroatoms. The van der Waals surface area contributed by atoms with Crippen molar-refractivity contribution in [2.45, 2.75) is 44.4 Å². The van der Waals surface area contributed by atoms with Crippen LogP contribution in [-0.2, 0) is 11.3 Å². The van der Waals surface area contributed by atoms with Crippen LogP contribution in [0.5, 0.6) is 0 Å². The molecule has 0 spiro atoms. The monoisotopic (exact) mass is 389 g/mol. The third-order valence-corrected chi connectivity index (χ3v) is 5.02. The van der Waals surface area contributed by atoms with Gasteiger partial charge in [-0.1, -0.05) is 30.3 Å². The molecule has 142 valence electrons. The van der Waals surface area contributed by atoms with Crippen LogP contribution in [0.3, 0.4) is 0 Å². The lowest BCUT2D eigenvalue weighted by Crippen LogP contribution is -2.50. The molecule has 2 fully saturated rings. The number of carbonyl (C=O) groups excluding carboxylic acids is 1. The molecule has 1 aromatic carbocycles. The summed E-state index contributed by atoms with van der Waals surface area (Å²) in [6.07, 6.45) is 4.08. The lowest BCUT2D eigenvalue weighted by Gasteiger charge is -2.40. The Morgan fingerprint density at radius 3 is 2.20 bits per heavy atom. The molecule has 25 heavy (non-hydrogen) atoms. The van der Waals surface area contributed by atoms with E-state index in [4.69, 9.17) is 10.5 Å². The fourth-order valence-corrected chi connectivity index (χ4v) is 3.51. The fourth-order valence-electron chi connectivity index (χ4n) is 3.51. The van der Waals surface area contributed by atoms with Gasteiger partial charge in [-0.25, -0.2) is 4.79 Å². The molecule has 0 aliphatic carbocycles. The lowest BCUT2D eigenvalue weighted by atomic mass is 9.98. The standard InChI is InChI=1S/C18H27N3O2.2ClH/c19-16-6-10-20(11-7-16)17-8-12-21(13-9-17)18(22)23-14-15-4-2-1-3-5-15;;/h1-5,16-17H,6-14,19H2;2*1H. The van der Waals surface area contributed by atoms with Crippen LogP contribution in [0.2, 0.25) is 0 Å². The van der Waals surface area contributed by atoms with E-state index in [0.29, 0.717) is 18.7 Å². The Kier molecular flexibility index (Phi) is 9.57. The number of piperidine rings is 2. The molecule has 2 N–H and O–H groups in total. The Labute approximate surface area is 162 Å². The van der Waals surface area contributed by atoms with E-state index in [1.165, 1.54) is 0 Å². The van der Waals surface area contributed by atoms with E-state index < -0.39 is 0 Å². The minimum atomic E-state index is -0.187.